The number of rotatable bonds is 24. The summed E-state index contributed by atoms with van der Waals surface area (Å²) in [7, 11) is 1.28. The minimum atomic E-state index is 0.308. The molecule has 0 fully saturated rings. The van der Waals surface area contributed by atoms with Crippen LogP contribution in [0.4, 0.5) is 0 Å². The van der Waals surface area contributed by atoms with Crippen LogP contribution in [0.15, 0.2) is 0 Å². The van der Waals surface area contributed by atoms with E-state index in [9.17, 15) is 0 Å². The lowest BCUT2D eigenvalue weighted by Crippen LogP contribution is -2.04. The van der Waals surface area contributed by atoms with Crippen LogP contribution in [0, 0.1) is 0 Å². The van der Waals surface area contributed by atoms with Crippen molar-refractivity contribution in [1.82, 2.24) is 0 Å². The van der Waals surface area contributed by atoms with Gasteiger partial charge in [0.1, 0.15) is 0 Å². The fourth-order valence-electron chi connectivity index (χ4n) is 4.03. The fraction of sp³-hybridized carbons (Fsp3) is 1.00. The van der Waals surface area contributed by atoms with Crippen LogP contribution in [0.25, 0.3) is 0 Å². The summed E-state index contributed by atoms with van der Waals surface area (Å²) < 4.78 is 0. The Bertz CT molecular complexity index is 274. The maximum atomic E-state index is 2.40. The molecule has 0 N–H and O–H groups in total. The monoisotopic (exact) mass is 508 g/mol. The van der Waals surface area contributed by atoms with Gasteiger partial charge in [-0.3, -0.25) is 0 Å². The molecule has 0 bridgehead atoms. The van der Waals surface area contributed by atoms with E-state index in [4.69, 9.17) is 0 Å². The van der Waals surface area contributed by atoms with Gasteiger partial charge in [-0.15, -0.1) is 23.8 Å². The Kier molecular flexibility index (Phi) is 26.2. The van der Waals surface area contributed by atoms with E-state index in [2.05, 4.69) is 41.5 Å². The molecule has 0 aromatic carbocycles. The first-order valence-electron chi connectivity index (χ1n) is 14.0. The fourth-order valence-corrected chi connectivity index (χ4v) is 23.0. The topological polar surface area (TPSA) is 0 Å². The Labute approximate surface area is 204 Å². The van der Waals surface area contributed by atoms with Crippen molar-refractivity contribution in [3.8, 4) is 0 Å². The van der Waals surface area contributed by atoms with Gasteiger partial charge in [-0.05, 0) is 93.2 Å². The van der Waals surface area contributed by atoms with Gasteiger partial charge >= 0.3 is 0 Å². The second-order valence-corrected chi connectivity index (χ2v) is 21.0. The Morgan fingerprint density at radius 1 is 0.290 bits per heavy atom. The maximum absolute atomic E-state index is 2.40. The Hall–Kier alpha value is 1.72. The van der Waals surface area contributed by atoms with Crippen molar-refractivity contribution in [2.24, 2.45) is 0 Å². The van der Waals surface area contributed by atoms with Crippen molar-refractivity contribution in [1.29, 1.82) is 0 Å². The van der Waals surface area contributed by atoms with E-state index in [0.29, 0.717) is 31.7 Å². The Morgan fingerprint density at radius 2 is 0.484 bits per heavy atom. The molecule has 0 amide bonds. The first-order chi connectivity index (χ1) is 15.1. The minimum absolute atomic E-state index is 0.308. The second-order valence-electron chi connectivity index (χ2n) is 9.57. The molecular weight excluding hydrogens is 448 g/mol. The molecule has 0 aliphatic heterocycles. The van der Waals surface area contributed by atoms with Gasteiger partial charge < -0.3 is 0 Å². The molecule has 0 aliphatic carbocycles. The van der Waals surface area contributed by atoms with Crippen LogP contribution in [0.5, 0.6) is 0 Å². The van der Waals surface area contributed by atoms with Crippen LogP contribution >= 0.6 is 31.7 Å². The minimum Gasteiger partial charge on any atom is -0.102 e. The molecule has 0 nitrogen and oxygen atoms in total. The lowest BCUT2D eigenvalue weighted by molar-refractivity contribution is 0.867. The van der Waals surface area contributed by atoms with Gasteiger partial charge in [0, 0.05) is 0 Å². The lowest BCUT2D eigenvalue weighted by Gasteiger charge is -2.32. The first-order valence-corrected chi connectivity index (χ1v) is 21.6. The molecule has 0 unspecified atom stereocenters. The van der Waals surface area contributed by atoms with Gasteiger partial charge in [-0.2, -0.15) is 0 Å². The van der Waals surface area contributed by atoms with Crippen LogP contribution in [-0.2, 0) is 0 Å². The molecule has 188 valence electrons. The van der Waals surface area contributed by atoms with Crippen molar-refractivity contribution in [3.05, 3.63) is 0 Å². The number of hydrogen-bond acceptors (Lipinski definition) is 0. The molecule has 0 aliphatic rings. The summed E-state index contributed by atoms with van der Waals surface area (Å²) in [6.45, 7) is 14.4. The highest BCUT2D eigenvalue weighted by Crippen LogP contribution is 2.63. The predicted molar refractivity (Wildman–Crippen MR) is 161 cm³/mol. The normalized spacial score (nSPS) is 12.2. The predicted octanol–water partition coefficient (Wildman–Crippen LogP) is 11.6. The van der Waals surface area contributed by atoms with Crippen LogP contribution in [0.2, 0.25) is 0 Å². The number of hydrogen-bond donors (Lipinski definition) is 0. The van der Waals surface area contributed by atoms with E-state index in [-0.39, 0.29) is 0 Å². The Balaban J connectivity index is 5.28. The molecule has 0 radical (unpaired) electrons. The second kappa shape index (κ2) is 24.8. The van der Waals surface area contributed by atoms with E-state index < -0.39 is 0 Å². The van der Waals surface area contributed by atoms with Crippen LogP contribution in [-0.4, -0.2) is 54.7 Å². The number of unbranched alkanes of at least 4 members (excludes halogenated alkanes) is 6. The highest BCUT2D eigenvalue weighted by atomic mass is 31.2. The standard InChI is InChI=1S/C27H60P4/c1-7-13-19-28(20-14-8-2)25-31(26-29(21-15-9-3)22-16-10-4)27-30(23-17-11-5)24-18-12-6/h7-27H2,1-6H3. The summed E-state index contributed by atoms with van der Waals surface area (Å²) in [5.41, 5.74) is 0. The van der Waals surface area contributed by atoms with Gasteiger partial charge in [0.05, 0.1) is 0 Å². The van der Waals surface area contributed by atoms with Crippen molar-refractivity contribution >= 4 is 31.7 Å². The van der Waals surface area contributed by atoms with E-state index in [1.165, 1.54) is 77.0 Å². The average molecular weight is 509 g/mol. The third-order valence-electron chi connectivity index (χ3n) is 6.17. The smallest absolute Gasteiger partial charge is 0.0114 e. The lowest BCUT2D eigenvalue weighted by atomic mass is 10.4. The molecule has 0 aromatic rings. The summed E-state index contributed by atoms with van der Waals surface area (Å²) in [4.78, 5) is 0. The summed E-state index contributed by atoms with van der Waals surface area (Å²) in [6.07, 6.45) is 27.0. The van der Waals surface area contributed by atoms with Gasteiger partial charge in [-0.25, -0.2) is 0 Å². The van der Waals surface area contributed by atoms with Crippen LogP contribution in [0.1, 0.15) is 119 Å². The first kappa shape index (κ1) is 32.7. The summed E-state index contributed by atoms with van der Waals surface area (Å²) >= 11 is 0. The zero-order valence-electron chi connectivity index (χ0n) is 22.6. The van der Waals surface area contributed by atoms with E-state index in [1.54, 1.807) is 54.7 Å². The summed E-state index contributed by atoms with van der Waals surface area (Å²) in [5.74, 6) is 5.12. The molecule has 0 saturated carbocycles. The molecular formula is C27H60P4. The molecule has 4 heteroatoms. The largest absolute Gasteiger partial charge is 0.102 e. The molecule has 0 rings (SSSR count). The van der Waals surface area contributed by atoms with E-state index in [0.717, 1.165) is 0 Å². The zero-order chi connectivity index (χ0) is 23.2. The van der Waals surface area contributed by atoms with Gasteiger partial charge in [0.25, 0.3) is 0 Å². The quantitative estimate of drug-likeness (QED) is 0.114. The van der Waals surface area contributed by atoms with Crippen molar-refractivity contribution in [2.45, 2.75) is 119 Å². The van der Waals surface area contributed by atoms with Crippen molar-refractivity contribution in [3.63, 3.8) is 0 Å². The molecule has 0 saturated heterocycles. The van der Waals surface area contributed by atoms with Gasteiger partial charge in [-0.1, -0.05) is 88.0 Å². The van der Waals surface area contributed by atoms with Crippen LogP contribution < -0.4 is 0 Å². The molecule has 31 heavy (non-hydrogen) atoms. The van der Waals surface area contributed by atoms with Gasteiger partial charge in [0.15, 0.2) is 0 Å². The molecule has 0 aromatic heterocycles. The molecule has 0 spiro atoms. The third-order valence-corrected chi connectivity index (χ3v) is 21.5. The molecule has 0 atom stereocenters. The third kappa shape index (κ3) is 19.7. The average Bonchev–Trinajstić information content (AvgIpc) is 2.78. The van der Waals surface area contributed by atoms with Crippen molar-refractivity contribution < 1.29 is 0 Å². The van der Waals surface area contributed by atoms with Crippen molar-refractivity contribution in [2.75, 3.05) is 54.7 Å². The van der Waals surface area contributed by atoms with E-state index >= 15 is 0 Å². The SMILES string of the molecule is CCCCP(CCCC)CP(CP(CCCC)CCCC)CP(CCCC)CCCC. The molecule has 0 heterocycles. The maximum Gasteiger partial charge on any atom is -0.0114 e. The summed E-state index contributed by atoms with van der Waals surface area (Å²) in [5, 5.41) is 0. The highest BCUT2D eigenvalue weighted by molar-refractivity contribution is 7.86. The Morgan fingerprint density at radius 3 is 0.645 bits per heavy atom. The summed E-state index contributed by atoms with van der Waals surface area (Å²) in [6, 6.07) is 0. The highest BCUT2D eigenvalue weighted by Gasteiger charge is 2.22. The van der Waals surface area contributed by atoms with Gasteiger partial charge in [0.2, 0.25) is 0 Å². The van der Waals surface area contributed by atoms with E-state index in [1.807, 2.05) is 0 Å². The zero-order valence-corrected chi connectivity index (χ0v) is 26.2. The van der Waals surface area contributed by atoms with Crippen LogP contribution in [0.3, 0.4) is 0 Å².